The Morgan fingerprint density at radius 1 is 0.651 bits per heavy atom. The highest BCUT2D eigenvalue weighted by Crippen LogP contribution is 2.31. The van der Waals surface area contributed by atoms with Gasteiger partial charge in [-0.1, -0.05) is 53.7 Å². The van der Waals surface area contributed by atoms with Crippen molar-refractivity contribution in [2.24, 2.45) is 10.8 Å². The lowest BCUT2D eigenvalue weighted by molar-refractivity contribution is -0.122. The smallest absolute Gasteiger partial charge is 0.178 e. The summed E-state index contributed by atoms with van der Waals surface area (Å²) < 4.78 is 22.8. The molecular formula is C35H42N2O6. The number of nitriles is 2. The molecule has 8 heteroatoms. The first kappa shape index (κ1) is 34.6. The molecular weight excluding hydrogens is 544 g/mol. The van der Waals surface area contributed by atoms with E-state index in [1.807, 2.05) is 12.1 Å². The van der Waals surface area contributed by atoms with Crippen molar-refractivity contribution < 1.29 is 28.5 Å². The van der Waals surface area contributed by atoms with E-state index in [9.17, 15) is 20.1 Å². The number of ketones is 2. The lowest BCUT2D eigenvalue weighted by atomic mass is 9.86. The molecule has 43 heavy (non-hydrogen) atoms. The highest BCUT2D eigenvalue weighted by Gasteiger charge is 2.26. The molecule has 8 nitrogen and oxygen atoms in total. The first-order valence-corrected chi connectivity index (χ1v) is 14.2. The van der Waals surface area contributed by atoms with Crippen LogP contribution in [0.1, 0.15) is 71.9 Å². The topological polar surface area (TPSA) is 119 Å². The minimum absolute atomic E-state index is 0.0940. The van der Waals surface area contributed by atoms with E-state index in [2.05, 4.69) is 0 Å². The Morgan fingerprint density at radius 3 is 1.33 bits per heavy atom. The van der Waals surface area contributed by atoms with E-state index in [4.69, 9.17) is 18.9 Å². The molecule has 0 aliphatic carbocycles. The summed E-state index contributed by atoms with van der Waals surface area (Å²) >= 11 is 0. The van der Waals surface area contributed by atoms with Crippen molar-refractivity contribution in [3.05, 3.63) is 58.7 Å². The number of hydrogen-bond donors (Lipinski definition) is 0. The second kappa shape index (κ2) is 15.6. The Bertz CT molecular complexity index is 1330. The quantitative estimate of drug-likeness (QED) is 0.128. The third-order valence-corrected chi connectivity index (χ3v) is 6.39. The number of unbranched alkanes of at least 4 members (excludes halogenated alkanes) is 2. The molecule has 0 aromatic heterocycles. The molecule has 0 spiro atoms. The summed E-state index contributed by atoms with van der Waals surface area (Å²) in [4.78, 5) is 25.0. The van der Waals surface area contributed by atoms with Crippen LogP contribution in [0.25, 0.3) is 12.2 Å². The van der Waals surface area contributed by atoms with Crippen molar-refractivity contribution in [2.45, 2.75) is 60.8 Å². The molecule has 0 fully saturated rings. The van der Waals surface area contributed by atoms with Gasteiger partial charge in [-0.25, -0.2) is 0 Å². The van der Waals surface area contributed by atoms with Gasteiger partial charge in [0.05, 0.1) is 38.6 Å². The van der Waals surface area contributed by atoms with Crippen LogP contribution < -0.4 is 18.9 Å². The van der Waals surface area contributed by atoms with Crippen LogP contribution in [0, 0.1) is 33.5 Å². The molecule has 2 aromatic rings. The summed E-state index contributed by atoms with van der Waals surface area (Å²) in [6.45, 7) is 11.7. The number of Topliss-reactive ketones (excluding diaryl/α,β-unsaturated/α-hetero) is 2. The van der Waals surface area contributed by atoms with E-state index in [0.29, 0.717) is 47.3 Å². The number of allylic oxidation sites excluding steroid dienone is 2. The molecule has 0 saturated heterocycles. The number of carbonyl (C=O) groups excluding carboxylic acids is 2. The highest BCUT2D eigenvalue weighted by atomic mass is 16.5. The Balaban J connectivity index is 1.90. The van der Waals surface area contributed by atoms with Crippen molar-refractivity contribution in [1.82, 2.24) is 0 Å². The first-order valence-electron chi connectivity index (χ1n) is 14.2. The average molecular weight is 587 g/mol. The minimum Gasteiger partial charge on any atom is -0.493 e. The van der Waals surface area contributed by atoms with E-state index < -0.39 is 10.8 Å². The van der Waals surface area contributed by atoms with Gasteiger partial charge in [0.25, 0.3) is 0 Å². The molecule has 0 unspecified atom stereocenters. The average Bonchev–Trinajstić information content (AvgIpc) is 2.97. The van der Waals surface area contributed by atoms with Crippen molar-refractivity contribution in [3.63, 3.8) is 0 Å². The number of ether oxygens (including phenoxy) is 4. The molecule has 0 bridgehead atoms. The van der Waals surface area contributed by atoms with Gasteiger partial charge in [-0.15, -0.1) is 0 Å². The Hall–Kier alpha value is -4.56. The molecule has 2 aromatic carbocycles. The van der Waals surface area contributed by atoms with Crippen LogP contribution in [0.15, 0.2) is 47.5 Å². The number of methoxy groups -OCH3 is 2. The van der Waals surface area contributed by atoms with Gasteiger partial charge in [-0.3, -0.25) is 9.59 Å². The lowest BCUT2D eigenvalue weighted by Gasteiger charge is -2.16. The van der Waals surface area contributed by atoms with Crippen LogP contribution in [-0.2, 0) is 9.59 Å². The maximum absolute atomic E-state index is 12.5. The van der Waals surface area contributed by atoms with Gasteiger partial charge < -0.3 is 18.9 Å². The van der Waals surface area contributed by atoms with E-state index in [1.165, 1.54) is 0 Å². The zero-order valence-corrected chi connectivity index (χ0v) is 26.5. The van der Waals surface area contributed by atoms with Gasteiger partial charge >= 0.3 is 0 Å². The minimum atomic E-state index is -0.647. The van der Waals surface area contributed by atoms with Crippen LogP contribution in [-0.4, -0.2) is 39.0 Å². The fraction of sp³-hybridized carbons (Fsp3) is 0.429. The Kier molecular flexibility index (Phi) is 12.6. The van der Waals surface area contributed by atoms with Gasteiger partial charge in [-0.2, -0.15) is 10.5 Å². The molecule has 228 valence electrons. The van der Waals surface area contributed by atoms with Gasteiger partial charge in [0.15, 0.2) is 34.6 Å². The molecule has 0 aliphatic rings. The van der Waals surface area contributed by atoms with Gasteiger partial charge in [0, 0.05) is 10.8 Å². The second-order valence-corrected chi connectivity index (χ2v) is 12.1. The summed E-state index contributed by atoms with van der Waals surface area (Å²) in [6.07, 6.45) is 5.60. The third-order valence-electron chi connectivity index (χ3n) is 6.39. The molecule has 0 radical (unpaired) electrons. The van der Waals surface area contributed by atoms with Crippen LogP contribution >= 0.6 is 0 Å². The van der Waals surface area contributed by atoms with Gasteiger partial charge in [-0.05, 0) is 66.8 Å². The molecule has 0 heterocycles. The van der Waals surface area contributed by atoms with E-state index >= 15 is 0 Å². The second-order valence-electron chi connectivity index (χ2n) is 12.1. The number of carbonyl (C=O) groups is 2. The van der Waals surface area contributed by atoms with Crippen molar-refractivity contribution in [3.8, 4) is 35.1 Å². The summed E-state index contributed by atoms with van der Waals surface area (Å²) in [6, 6.07) is 14.6. The SMILES string of the molecule is COc1cc(C=C(C#N)C(=O)C(C)(C)C)ccc1OCCCCCOc1ccc(C=C(C#N)C(=O)C(C)(C)C)cc1OC. The van der Waals surface area contributed by atoms with Crippen molar-refractivity contribution in [1.29, 1.82) is 10.5 Å². The molecule has 0 amide bonds. The number of nitrogens with zero attached hydrogens (tertiary/aromatic N) is 2. The standard InChI is InChI=1S/C35H42N2O6/c1-34(2,3)32(38)26(22-36)18-24-12-14-28(30(20-24)40-7)42-16-10-9-11-17-43-29-15-13-25(21-31(29)41-8)19-27(23-37)33(39)35(4,5)6/h12-15,18-21H,9-11,16-17H2,1-8H3. The van der Waals surface area contributed by atoms with Crippen LogP contribution in [0.2, 0.25) is 0 Å². The predicted octanol–water partition coefficient (Wildman–Crippen LogP) is 7.38. The summed E-state index contributed by atoms with van der Waals surface area (Å²) in [5, 5.41) is 18.9. The van der Waals surface area contributed by atoms with Crippen molar-refractivity contribution in [2.75, 3.05) is 27.4 Å². The zero-order valence-electron chi connectivity index (χ0n) is 26.5. The number of rotatable bonds is 14. The van der Waals surface area contributed by atoms with Crippen LogP contribution in [0.5, 0.6) is 23.0 Å². The van der Waals surface area contributed by atoms with E-state index in [0.717, 1.165) is 19.3 Å². The van der Waals surface area contributed by atoms with E-state index in [-0.39, 0.29) is 22.7 Å². The number of hydrogen-bond acceptors (Lipinski definition) is 8. The summed E-state index contributed by atoms with van der Waals surface area (Å²) in [7, 11) is 3.09. The van der Waals surface area contributed by atoms with Crippen LogP contribution in [0.3, 0.4) is 0 Å². The maximum atomic E-state index is 12.5. The third kappa shape index (κ3) is 10.3. The van der Waals surface area contributed by atoms with Gasteiger partial charge in [0.1, 0.15) is 12.1 Å². The predicted molar refractivity (Wildman–Crippen MR) is 167 cm³/mol. The zero-order chi connectivity index (χ0) is 32.2. The largest absolute Gasteiger partial charge is 0.493 e. The normalized spacial score (nSPS) is 12.1. The van der Waals surface area contributed by atoms with Gasteiger partial charge in [0.2, 0.25) is 0 Å². The van der Waals surface area contributed by atoms with Crippen molar-refractivity contribution >= 4 is 23.7 Å². The summed E-state index contributed by atoms with van der Waals surface area (Å²) in [5.74, 6) is 1.77. The lowest BCUT2D eigenvalue weighted by Crippen LogP contribution is -2.21. The summed E-state index contributed by atoms with van der Waals surface area (Å²) in [5.41, 5.74) is 0.253. The maximum Gasteiger partial charge on any atom is 0.178 e. The fourth-order valence-electron chi connectivity index (χ4n) is 3.97. The van der Waals surface area contributed by atoms with Crippen LogP contribution in [0.4, 0.5) is 0 Å². The molecule has 0 aliphatic heterocycles. The Morgan fingerprint density at radius 2 is 1.02 bits per heavy atom. The molecule has 0 atom stereocenters. The molecule has 2 rings (SSSR count). The first-order chi connectivity index (χ1) is 20.2. The van der Waals surface area contributed by atoms with E-state index in [1.54, 1.807) is 104 Å². The number of benzene rings is 2. The fourth-order valence-corrected chi connectivity index (χ4v) is 3.97. The monoisotopic (exact) mass is 586 g/mol. The molecule has 0 saturated carbocycles. The molecule has 0 N–H and O–H groups in total. The Labute approximate surface area is 255 Å². The highest BCUT2D eigenvalue weighted by molar-refractivity contribution is 6.06.